The molecule has 1 heterocycles. The Hall–Kier alpha value is -3.24. The maximum Gasteiger partial charge on any atom is 0.251 e. The van der Waals surface area contributed by atoms with Crippen molar-refractivity contribution in [3.05, 3.63) is 53.6 Å². The van der Waals surface area contributed by atoms with E-state index in [4.69, 9.17) is 0 Å². The number of nitrogens with one attached hydrogen (secondary N) is 1. The van der Waals surface area contributed by atoms with Crippen LogP contribution in [0.4, 0.5) is 11.4 Å². The lowest BCUT2D eigenvalue weighted by Gasteiger charge is -2.21. The Morgan fingerprint density at radius 3 is 2.47 bits per heavy atom. The third-order valence-electron chi connectivity index (χ3n) is 4.65. The monoisotopic (exact) mass is 429 g/mol. The standard InChI is InChI=1S/C20H21N3O6S/c1-12-9-15-10-17(7-8-18(15)23(12)13(2)24)30(28,29)22-16-5-3-14(4-6-16)20(27)21-11-19(25)26/h3-8,10,12H,9,11H2,1-2H3,(H,21,27)(H,25,26)(H,22,28,29)/p-2/t12-/m0/s1. The fraction of sp³-hybridized carbons (Fsp3) is 0.250. The van der Waals surface area contributed by atoms with E-state index in [1.807, 2.05) is 6.92 Å². The molecule has 2 aromatic carbocycles. The van der Waals surface area contributed by atoms with E-state index >= 15 is 0 Å². The van der Waals surface area contributed by atoms with Crippen LogP contribution in [0.15, 0.2) is 51.7 Å². The van der Waals surface area contributed by atoms with Crippen LogP contribution >= 0.6 is 0 Å². The molecule has 158 valence electrons. The largest absolute Gasteiger partial charge is 0.760 e. The molecule has 0 saturated heterocycles. The minimum absolute atomic E-state index is 0.00892. The molecule has 2 atom stereocenters. The second kappa shape index (κ2) is 8.25. The van der Waals surface area contributed by atoms with Gasteiger partial charge < -0.3 is 24.7 Å². The summed E-state index contributed by atoms with van der Waals surface area (Å²) in [5, 5.41) is 12.5. The number of benzene rings is 2. The first-order chi connectivity index (χ1) is 14.1. The van der Waals surface area contributed by atoms with Crippen LogP contribution in [0, 0.1) is 0 Å². The fourth-order valence-electron chi connectivity index (χ4n) is 3.37. The van der Waals surface area contributed by atoms with Gasteiger partial charge in [-0.05, 0) is 61.4 Å². The molecule has 0 aliphatic carbocycles. The molecule has 0 aromatic heterocycles. The molecule has 2 aromatic rings. The fourth-order valence-corrected chi connectivity index (χ4v) is 4.40. The maximum absolute atomic E-state index is 12.7. The van der Waals surface area contributed by atoms with Gasteiger partial charge >= 0.3 is 0 Å². The minimum atomic E-state index is -4.01. The Morgan fingerprint density at radius 2 is 1.87 bits per heavy atom. The molecule has 0 radical (unpaired) electrons. The highest BCUT2D eigenvalue weighted by atomic mass is 32.2. The van der Waals surface area contributed by atoms with Crippen molar-refractivity contribution in [2.75, 3.05) is 11.4 Å². The highest BCUT2D eigenvalue weighted by Crippen LogP contribution is 2.34. The second-order valence-corrected chi connectivity index (χ2v) is 8.50. The van der Waals surface area contributed by atoms with Crippen LogP contribution in [0.25, 0.3) is 0 Å². The molecule has 9 nitrogen and oxygen atoms in total. The highest BCUT2D eigenvalue weighted by Gasteiger charge is 2.29. The molecule has 0 saturated carbocycles. The van der Waals surface area contributed by atoms with Gasteiger partial charge in [0, 0.05) is 39.1 Å². The van der Waals surface area contributed by atoms with Gasteiger partial charge in [-0.25, -0.2) is 4.36 Å². The van der Waals surface area contributed by atoms with Crippen LogP contribution in [0.5, 0.6) is 0 Å². The lowest BCUT2D eigenvalue weighted by Crippen LogP contribution is -2.37. The van der Waals surface area contributed by atoms with Crippen LogP contribution in [-0.2, 0) is 26.0 Å². The average molecular weight is 429 g/mol. The number of carbonyl (C=O) groups is 3. The summed E-state index contributed by atoms with van der Waals surface area (Å²) in [4.78, 5) is 35.7. The summed E-state index contributed by atoms with van der Waals surface area (Å²) < 4.78 is 29.2. The van der Waals surface area contributed by atoms with Crippen molar-refractivity contribution in [3.63, 3.8) is 0 Å². The molecule has 1 N–H and O–H groups in total. The first-order valence-corrected chi connectivity index (χ1v) is 10.5. The van der Waals surface area contributed by atoms with E-state index in [1.54, 1.807) is 11.0 Å². The topological polar surface area (TPSA) is 142 Å². The van der Waals surface area contributed by atoms with Gasteiger partial charge in [-0.2, -0.15) is 0 Å². The van der Waals surface area contributed by atoms with Gasteiger partial charge in [-0.15, -0.1) is 0 Å². The first-order valence-electron chi connectivity index (χ1n) is 9.07. The summed E-state index contributed by atoms with van der Waals surface area (Å²) in [6, 6.07) is 9.86. The molecule has 30 heavy (non-hydrogen) atoms. The summed E-state index contributed by atoms with van der Waals surface area (Å²) in [6.45, 7) is 2.73. The number of carboxylic acid groups (broad SMARTS) is 1. The van der Waals surface area contributed by atoms with Crippen LogP contribution in [0.1, 0.15) is 29.8 Å². The van der Waals surface area contributed by atoms with Gasteiger partial charge in [0.25, 0.3) is 5.91 Å². The summed E-state index contributed by atoms with van der Waals surface area (Å²) >= 11 is 0. The van der Waals surface area contributed by atoms with Crippen LogP contribution in [0.2, 0.25) is 0 Å². The predicted octanol–water partition coefficient (Wildman–Crippen LogP) is 0.753. The van der Waals surface area contributed by atoms with Gasteiger partial charge in [0.15, 0.2) is 0 Å². The molecule has 1 aliphatic rings. The molecule has 2 amide bonds. The lowest BCUT2D eigenvalue weighted by atomic mass is 10.1. The summed E-state index contributed by atoms with van der Waals surface area (Å²) in [6.07, 6.45) is 0.550. The number of fused-ring (bicyclic) bond motifs is 1. The zero-order valence-corrected chi connectivity index (χ0v) is 17.1. The molecule has 0 bridgehead atoms. The Balaban J connectivity index is 1.85. The smallest absolute Gasteiger partial charge is 0.251 e. The summed E-state index contributed by atoms with van der Waals surface area (Å²) in [5.74, 6) is -2.15. The third kappa shape index (κ3) is 4.50. The molecule has 10 heteroatoms. The van der Waals surface area contributed by atoms with Crippen molar-refractivity contribution in [3.8, 4) is 0 Å². The van der Waals surface area contributed by atoms with Crippen molar-refractivity contribution in [2.24, 2.45) is 4.36 Å². The normalized spacial score (nSPS) is 17.0. The molecular weight excluding hydrogens is 410 g/mol. The molecule has 0 spiro atoms. The van der Waals surface area contributed by atoms with E-state index in [9.17, 15) is 28.3 Å². The average Bonchev–Trinajstić information content (AvgIpc) is 3.01. The van der Waals surface area contributed by atoms with Crippen molar-refractivity contribution in [2.45, 2.75) is 31.2 Å². The maximum atomic E-state index is 12.7. The van der Waals surface area contributed by atoms with Gasteiger partial charge in [-0.1, -0.05) is 0 Å². The molecule has 1 aliphatic heterocycles. The minimum Gasteiger partial charge on any atom is -0.760 e. The predicted molar refractivity (Wildman–Crippen MR) is 106 cm³/mol. The van der Waals surface area contributed by atoms with Crippen molar-refractivity contribution >= 4 is 39.2 Å². The quantitative estimate of drug-likeness (QED) is 0.743. The van der Waals surface area contributed by atoms with E-state index in [2.05, 4.69) is 9.68 Å². The van der Waals surface area contributed by atoms with E-state index in [1.165, 1.54) is 43.3 Å². The Bertz CT molecular complexity index is 1140. The van der Waals surface area contributed by atoms with Gasteiger partial charge in [0.2, 0.25) is 5.91 Å². The summed E-state index contributed by atoms with van der Waals surface area (Å²) in [5.41, 5.74) is 1.73. The van der Waals surface area contributed by atoms with E-state index < -0.39 is 28.4 Å². The number of hydrogen-bond acceptors (Lipinski definition) is 7. The summed E-state index contributed by atoms with van der Waals surface area (Å²) in [7, 11) is -4.01. The number of carbonyl (C=O) groups excluding carboxylic acids is 3. The van der Waals surface area contributed by atoms with Gasteiger partial charge in [0.05, 0.1) is 18.2 Å². The number of aliphatic carboxylic acids is 1. The van der Waals surface area contributed by atoms with Crippen LogP contribution in [-0.4, -0.2) is 39.1 Å². The number of amides is 2. The van der Waals surface area contributed by atoms with E-state index in [-0.39, 0.29) is 28.1 Å². The SMILES string of the molecule is CC(=O)N1c2ccc(S(=O)([O-])=Nc3ccc(C(=O)NCC(=O)[O-])cc3)cc2C[C@@H]1C. The molecule has 0 fully saturated rings. The number of anilines is 1. The zero-order chi connectivity index (χ0) is 22.1. The highest BCUT2D eigenvalue weighted by molar-refractivity contribution is 7.88. The first kappa shape index (κ1) is 21.5. The van der Waals surface area contributed by atoms with Crippen molar-refractivity contribution in [1.82, 2.24) is 5.32 Å². The molecular formula is C20H19N3O6S-2. The Kier molecular flexibility index (Phi) is 5.90. The van der Waals surface area contributed by atoms with E-state index in [0.29, 0.717) is 12.1 Å². The molecule has 3 rings (SSSR count). The molecule has 1 unspecified atom stereocenters. The Labute approximate surface area is 173 Å². The Morgan fingerprint density at radius 1 is 1.20 bits per heavy atom. The lowest BCUT2D eigenvalue weighted by molar-refractivity contribution is -0.303. The number of rotatable bonds is 5. The van der Waals surface area contributed by atoms with Crippen LogP contribution in [0.3, 0.4) is 0 Å². The van der Waals surface area contributed by atoms with Gasteiger partial charge in [0.1, 0.15) is 0 Å². The van der Waals surface area contributed by atoms with Gasteiger partial charge in [-0.3, -0.25) is 13.8 Å². The number of hydrogen-bond donors (Lipinski definition) is 1. The van der Waals surface area contributed by atoms with Crippen LogP contribution < -0.4 is 15.3 Å². The van der Waals surface area contributed by atoms with Crippen molar-refractivity contribution < 1.29 is 28.3 Å². The number of nitrogens with zero attached hydrogens (tertiary/aromatic N) is 2. The third-order valence-corrected chi connectivity index (χ3v) is 5.95. The second-order valence-electron chi connectivity index (χ2n) is 6.90. The number of carboxylic acids is 1. The zero-order valence-electron chi connectivity index (χ0n) is 16.3. The van der Waals surface area contributed by atoms with Crippen molar-refractivity contribution in [1.29, 1.82) is 0 Å². The van der Waals surface area contributed by atoms with E-state index in [0.717, 1.165) is 5.56 Å².